The van der Waals surface area contributed by atoms with Crippen molar-refractivity contribution in [1.82, 2.24) is 10.6 Å². The lowest BCUT2D eigenvalue weighted by Crippen LogP contribution is -2.44. The van der Waals surface area contributed by atoms with Gasteiger partial charge in [0.1, 0.15) is 6.04 Å². The summed E-state index contributed by atoms with van der Waals surface area (Å²) in [7, 11) is 1.57. The van der Waals surface area contributed by atoms with E-state index in [1.807, 2.05) is 0 Å². The van der Waals surface area contributed by atoms with Crippen LogP contribution in [0, 0.1) is 0 Å². The molecular weight excluding hydrogens is 202 g/mol. The molecule has 0 unspecified atom stereocenters. The number of amides is 2. The molecule has 7 heteroatoms. The molecule has 5 N–H and O–H groups in total. The van der Waals surface area contributed by atoms with Crippen molar-refractivity contribution in [3.63, 3.8) is 0 Å². The van der Waals surface area contributed by atoms with Crippen LogP contribution >= 0.6 is 0 Å². The Bertz CT molecular complexity index is 254. The number of nitrogens with two attached hydrogens (primary N) is 1. The Balaban J connectivity index is 4.10. The van der Waals surface area contributed by atoms with Crippen molar-refractivity contribution >= 4 is 17.8 Å². The van der Waals surface area contributed by atoms with E-state index in [4.69, 9.17) is 10.8 Å². The maximum atomic E-state index is 11.0. The summed E-state index contributed by atoms with van der Waals surface area (Å²) in [6.07, 6.45) is -0.0725. The minimum absolute atomic E-state index is 0.000120. The summed E-state index contributed by atoms with van der Waals surface area (Å²) in [4.78, 5) is 32.2. The number of carboxylic acid groups (broad SMARTS) is 1. The smallest absolute Gasteiger partial charge is 0.326 e. The van der Waals surface area contributed by atoms with E-state index in [-0.39, 0.29) is 19.4 Å². The molecule has 0 aromatic carbocycles. The number of hydrogen-bond donors (Lipinski definition) is 4. The SMILES string of the molecule is CNCC(=O)N[C@H](CCC(N)=O)C(=O)O. The molecule has 0 aliphatic carbocycles. The molecule has 0 aromatic rings. The Hall–Kier alpha value is -1.63. The standard InChI is InChI=1S/C8H15N3O4/c1-10-4-7(13)11-5(8(14)15)2-3-6(9)12/h5,10H,2-4H2,1H3,(H2,9,12)(H,11,13)(H,14,15)/t5-/m1/s1. The van der Waals surface area contributed by atoms with Crippen LogP contribution in [-0.4, -0.2) is 42.5 Å². The third kappa shape index (κ3) is 6.44. The number of aliphatic carboxylic acids is 1. The average molecular weight is 217 g/mol. The molecule has 0 heterocycles. The molecule has 86 valence electrons. The molecule has 0 aliphatic rings. The van der Waals surface area contributed by atoms with Gasteiger partial charge in [0, 0.05) is 6.42 Å². The van der Waals surface area contributed by atoms with Crippen LogP contribution in [0.3, 0.4) is 0 Å². The molecule has 0 radical (unpaired) electrons. The van der Waals surface area contributed by atoms with Gasteiger partial charge in [0.15, 0.2) is 0 Å². The maximum absolute atomic E-state index is 11.0. The van der Waals surface area contributed by atoms with Gasteiger partial charge in [-0.3, -0.25) is 9.59 Å². The predicted molar refractivity (Wildman–Crippen MR) is 51.9 cm³/mol. The molecule has 1 atom stereocenters. The minimum Gasteiger partial charge on any atom is -0.480 e. The Kier molecular flexibility index (Phi) is 6.03. The van der Waals surface area contributed by atoms with Gasteiger partial charge in [0.05, 0.1) is 6.54 Å². The van der Waals surface area contributed by atoms with Gasteiger partial charge in [-0.15, -0.1) is 0 Å². The molecule has 15 heavy (non-hydrogen) atoms. The van der Waals surface area contributed by atoms with Crippen LogP contribution < -0.4 is 16.4 Å². The molecule has 0 aliphatic heterocycles. The summed E-state index contributed by atoms with van der Waals surface area (Å²) in [6.45, 7) is 0.0281. The van der Waals surface area contributed by atoms with Crippen molar-refractivity contribution < 1.29 is 19.5 Å². The van der Waals surface area contributed by atoms with E-state index in [1.54, 1.807) is 7.05 Å². The number of primary amides is 1. The van der Waals surface area contributed by atoms with E-state index in [1.165, 1.54) is 0 Å². The third-order valence-corrected chi connectivity index (χ3v) is 1.65. The van der Waals surface area contributed by atoms with Crippen molar-refractivity contribution in [3.8, 4) is 0 Å². The van der Waals surface area contributed by atoms with Gasteiger partial charge < -0.3 is 21.5 Å². The van der Waals surface area contributed by atoms with Gasteiger partial charge >= 0.3 is 5.97 Å². The first-order chi connectivity index (χ1) is 6.97. The monoisotopic (exact) mass is 217 g/mol. The number of carbonyl (C=O) groups is 3. The van der Waals surface area contributed by atoms with Crippen LogP contribution in [0.4, 0.5) is 0 Å². The topological polar surface area (TPSA) is 122 Å². The van der Waals surface area contributed by atoms with Gasteiger partial charge in [-0.05, 0) is 13.5 Å². The Labute approximate surface area is 87.0 Å². The van der Waals surface area contributed by atoms with Crippen LogP contribution in [0.25, 0.3) is 0 Å². The van der Waals surface area contributed by atoms with Gasteiger partial charge in [-0.1, -0.05) is 0 Å². The summed E-state index contributed by atoms with van der Waals surface area (Å²) in [5.74, 6) is -2.21. The highest BCUT2D eigenvalue weighted by molar-refractivity contribution is 5.85. The van der Waals surface area contributed by atoms with Crippen molar-refractivity contribution in [2.75, 3.05) is 13.6 Å². The predicted octanol–water partition coefficient (Wildman–Crippen LogP) is -1.96. The highest BCUT2D eigenvalue weighted by Gasteiger charge is 2.19. The summed E-state index contributed by atoms with van der Waals surface area (Å²) < 4.78 is 0. The molecule has 7 nitrogen and oxygen atoms in total. The van der Waals surface area contributed by atoms with Crippen molar-refractivity contribution in [1.29, 1.82) is 0 Å². The molecule has 0 fully saturated rings. The van der Waals surface area contributed by atoms with Gasteiger partial charge in [-0.25, -0.2) is 4.79 Å². The fraction of sp³-hybridized carbons (Fsp3) is 0.625. The van der Waals surface area contributed by atoms with Gasteiger partial charge in [-0.2, -0.15) is 0 Å². The lowest BCUT2D eigenvalue weighted by molar-refractivity contribution is -0.142. The van der Waals surface area contributed by atoms with Crippen molar-refractivity contribution in [3.05, 3.63) is 0 Å². The summed E-state index contributed by atoms with van der Waals surface area (Å²) in [6, 6.07) is -1.07. The van der Waals surface area contributed by atoms with E-state index < -0.39 is 23.8 Å². The second kappa shape index (κ2) is 6.77. The molecule has 0 bridgehead atoms. The number of hydrogen-bond acceptors (Lipinski definition) is 4. The lowest BCUT2D eigenvalue weighted by Gasteiger charge is -2.13. The zero-order valence-corrected chi connectivity index (χ0v) is 8.45. The van der Waals surface area contributed by atoms with Crippen LogP contribution in [-0.2, 0) is 14.4 Å². The van der Waals surface area contributed by atoms with Crippen LogP contribution in [0.15, 0.2) is 0 Å². The summed E-state index contributed by atoms with van der Waals surface area (Å²) >= 11 is 0. The normalized spacial score (nSPS) is 11.8. The maximum Gasteiger partial charge on any atom is 0.326 e. The fourth-order valence-electron chi connectivity index (χ4n) is 0.950. The number of carboxylic acids is 1. The third-order valence-electron chi connectivity index (χ3n) is 1.65. The molecular formula is C8H15N3O4. The van der Waals surface area contributed by atoms with Crippen molar-refractivity contribution in [2.45, 2.75) is 18.9 Å². The number of likely N-dealkylation sites (N-methyl/N-ethyl adjacent to an activating group) is 1. The zero-order chi connectivity index (χ0) is 11.8. The van der Waals surface area contributed by atoms with E-state index in [9.17, 15) is 14.4 Å². The van der Waals surface area contributed by atoms with Crippen molar-refractivity contribution in [2.24, 2.45) is 5.73 Å². The zero-order valence-electron chi connectivity index (χ0n) is 8.45. The van der Waals surface area contributed by atoms with E-state index in [0.29, 0.717) is 0 Å². The second-order valence-corrected chi connectivity index (χ2v) is 2.99. The first kappa shape index (κ1) is 13.4. The van der Waals surface area contributed by atoms with E-state index in [0.717, 1.165) is 0 Å². The van der Waals surface area contributed by atoms with E-state index in [2.05, 4.69) is 10.6 Å². The van der Waals surface area contributed by atoms with E-state index >= 15 is 0 Å². The minimum atomic E-state index is -1.18. The molecule has 0 saturated carbocycles. The molecule has 2 amide bonds. The van der Waals surface area contributed by atoms with Gasteiger partial charge in [0.25, 0.3) is 0 Å². The highest BCUT2D eigenvalue weighted by atomic mass is 16.4. The molecule has 0 aromatic heterocycles. The summed E-state index contributed by atoms with van der Waals surface area (Å²) in [5, 5.41) is 13.6. The van der Waals surface area contributed by atoms with Crippen LogP contribution in [0.5, 0.6) is 0 Å². The first-order valence-electron chi connectivity index (χ1n) is 4.42. The number of nitrogens with one attached hydrogen (secondary N) is 2. The quantitative estimate of drug-likeness (QED) is 0.394. The average Bonchev–Trinajstić information content (AvgIpc) is 2.11. The molecule has 0 rings (SSSR count). The lowest BCUT2D eigenvalue weighted by atomic mass is 10.1. The molecule has 0 saturated heterocycles. The first-order valence-corrected chi connectivity index (χ1v) is 4.42. The molecule has 0 spiro atoms. The number of carbonyl (C=O) groups excluding carboxylic acids is 2. The van der Waals surface area contributed by atoms with Gasteiger partial charge in [0.2, 0.25) is 11.8 Å². The Morgan fingerprint density at radius 2 is 2.00 bits per heavy atom. The second-order valence-electron chi connectivity index (χ2n) is 2.99. The Morgan fingerprint density at radius 3 is 2.40 bits per heavy atom. The summed E-state index contributed by atoms with van der Waals surface area (Å²) in [5.41, 5.74) is 4.87. The highest BCUT2D eigenvalue weighted by Crippen LogP contribution is 1.96. The Morgan fingerprint density at radius 1 is 1.40 bits per heavy atom. The largest absolute Gasteiger partial charge is 0.480 e. The van der Waals surface area contributed by atoms with Crippen LogP contribution in [0.2, 0.25) is 0 Å². The number of rotatable bonds is 7. The van der Waals surface area contributed by atoms with Crippen LogP contribution in [0.1, 0.15) is 12.8 Å². The fourth-order valence-corrected chi connectivity index (χ4v) is 0.950.